The predicted octanol–water partition coefficient (Wildman–Crippen LogP) is 6.91. The summed E-state index contributed by atoms with van der Waals surface area (Å²) in [5.74, 6) is 0. The van der Waals surface area contributed by atoms with Crippen LogP contribution >= 0.6 is 11.3 Å². The van der Waals surface area contributed by atoms with E-state index in [1.807, 2.05) is 11.3 Å². The highest BCUT2D eigenvalue weighted by Gasteiger charge is 2.24. The van der Waals surface area contributed by atoms with Gasteiger partial charge < -0.3 is 4.90 Å². The van der Waals surface area contributed by atoms with E-state index in [4.69, 9.17) is 0 Å². The van der Waals surface area contributed by atoms with Gasteiger partial charge in [-0.2, -0.15) is 0 Å². The molecule has 0 amide bonds. The van der Waals surface area contributed by atoms with Crippen LogP contribution in [-0.2, 0) is 0 Å². The molecule has 0 unspecified atom stereocenters. The molecule has 1 heterocycles. The molecule has 4 rings (SSSR count). The average molecular weight is 434 g/mol. The molecule has 0 bridgehead atoms. The summed E-state index contributed by atoms with van der Waals surface area (Å²) in [6.07, 6.45) is 0. The van der Waals surface area contributed by atoms with E-state index in [-0.39, 0.29) is 0 Å². The number of para-hydroxylation sites is 1. The number of rotatable bonds is 4. The van der Waals surface area contributed by atoms with Crippen LogP contribution in [0.1, 0.15) is 0 Å². The van der Waals surface area contributed by atoms with Crippen LogP contribution in [0.25, 0.3) is 20.2 Å². The first kappa shape index (κ1) is 20.4. The summed E-state index contributed by atoms with van der Waals surface area (Å²) in [7, 11) is -0.606. The minimum Gasteiger partial charge on any atom is -0.344 e. The average Bonchev–Trinajstić information content (AvgIpc) is 3.04. The van der Waals surface area contributed by atoms with Crippen molar-refractivity contribution in [1.82, 2.24) is 0 Å². The first-order valence-electron chi connectivity index (χ1n) is 10.4. The molecule has 4 aromatic rings. The van der Waals surface area contributed by atoms with Gasteiger partial charge in [0.05, 0.1) is 26.5 Å². The summed E-state index contributed by atoms with van der Waals surface area (Å²) in [6, 6.07) is 22.7. The van der Waals surface area contributed by atoms with Crippen LogP contribution in [0.3, 0.4) is 0 Å². The lowest BCUT2D eigenvalue weighted by Crippen LogP contribution is -2.40. The van der Waals surface area contributed by atoms with E-state index in [9.17, 15) is 0 Å². The van der Waals surface area contributed by atoms with Crippen molar-refractivity contribution in [2.45, 2.75) is 39.3 Å². The van der Waals surface area contributed by atoms with Crippen LogP contribution in [0.5, 0.6) is 0 Å². The quantitative estimate of drug-likeness (QED) is 0.316. The van der Waals surface area contributed by atoms with Crippen molar-refractivity contribution in [3.63, 3.8) is 0 Å². The molecule has 1 nitrogen and oxygen atoms in total. The monoisotopic (exact) mass is 433 g/mol. The van der Waals surface area contributed by atoms with Crippen molar-refractivity contribution in [2.24, 2.45) is 0 Å². The molecule has 0 spiro atoms. The lowest BCUT2D eigenvalue weighted by Gasteiger charge is -2.28. The lowest BCUT2D eigenvalue weighted by atomic mass is 10.1. The number of nitrogens with zero attached hydrogens (tertiary/aromatic N) is 1. The fourth-order valence-electron chi connectivity index (χ4n) is 4.19. The summed E-state index contributed by atoms with van der Waals surface area (Å²) < 4.78 is 2.89. The third-order valence-electron chi connectivity index (χ3n) is 5.75. The zero-order chi connectivity index (χ0) is 21.0. The second-order valence-corrected chi connectivity index (χ2v) is 21.1. The Morgan fingerprint density at radius 1 is 0.586 bits per heavy atom. The molecule has 1 aromatic heterocycles. The Kier molecular flexibility index (Phi) is 5.00. The van der Waals surface area contributed by atoms with Gasteiger partial charge in [-0.3, -0.25) is 0 Å². The Bertz CT molecular complexity index is 1200. The maximum Gasteiger partial charge on any atom is 0.0803 e. The first-order valence-corrected chi connectivity index (χ1v) is 18.2. The van der Waals surface area contributed by atoms with Gasteiger partial charge in [-0.1, -0.05) is 87.8 Å². The fourth-order valence-corrected chi connectivity index (χ4v) is 9.56. The predicted molar refractivity (Wildman–Crippen MR) is 140 cm³/mol. The molecule has 0 N–H and O–H groups in total. The SMILES string of the molecule is CN(c1ccccc1[Si](C)(C)C)c1cccc2c1sc1c([Si](C)(C)C)cccc12. The third kappa shape index (κ3) is 3.58. The topological polar surface area (TPSA) is 3.24 Å². The molecule has 0 aliphatic heterocycles. The van der Waals surface area contributed by atoms with Crippen molar-refractivity contribution in [2.75, 3.05) is 11.9 Å². The van der Waals surface area contributed by atoms with Gasteiger partial charge in [0.15, 0.2) is 0 Å². The summed E-state index contributed by atoms with van der Waals surface area (Å²) >= 11 is 1.98. The van der Waals surface area contributed by atoms with Crippen molar-refractivity contribution < 1.29 is 0 Å². The largest absolute Gasteiger partial charge is 0.344 e. The highest BCUT2D eigenvalue weighted by atomic mass is 32.1. The van der Waals surface area contributed by atoms with Crippen LogP contribution < -0.4 is 15.3 Å². The van der Waals surface area contributed by atoms with Crippen molar-refractivity contribution >= 4 is 69.4 Å². The van der Waals surface area contributed by atoms with Crippen LogP contribution in [0.2, 0.25) is 39.3 Å². The molecular formula is C25H31NSSi2. The Balaban J connectivity index is 1.97. The minimum atomic E-state index is -1.44. The normalized spacial score (nSPS) is 12.7. The Morgan fingerprint density at radius 3 is 1.76 bits per heavy atom. The van der Waals surface area contributed by atoms with Crippen LogP contribution in [0.4, 0.5) is 11.4 Å². The molecule has 4 heteroatoms. The number of anilines is 2. The van der Waals surface area contributed by atoms with Crippen LogP contribution in [0.15, 0.2) is 60.7 Å². The van der Waals surface area contributed by atoms with Crippen LogP contribution in [0, 0.1) is 0 Å². The van der Waals surface area contributed by atoms with E-state index in [1.54, 1.807) is 5.19 Å². The second-order valence-electron chi connectivity index (χ2n) is 10.0. The highest BCUT2D eigenvalue weighted by Crippen LogP contribution is 2.41. The molecule has 0 saturated carbocycles. The summed E-state index contributed by atoms with van der Waals surface area (Å²) in [5, 5.41) is 5.90. The van der Waals surface area contributed by atoms with Crippen molar-refractivity contribution in [3.8, 4) is 0 Å². The lowest BCUT2D eigenvalue weighted by molar-refractivity contribution is 1.23. The number of hydrogen-bond donors (Lipinski definition) is 0. The van der Waals surface area contributed by atoms with E-state index in [1.165, 1.54) is 36.7 Å². The standard InChI is InChI=1S/C25H31NSSi2/c1-26(20-14-8-9-16-22(20)28(2,3)4)21-15-10-12-18-19-13-11-17-23(29(5,6)7)25(19)27-24(18)21/h8-17H,1-7H3. The molecule has 0 radical (unpaired) electrons. The maximum atomic E-state index is 2.45. The van der Waals surface area contributed by atoms with E-state index in [2.05, 4.69) is 112 Å². The number of benzene rings is 3. The molecular weight excluding hydrogens is 403 g/mol. The van der Waals surface area contributed by atoms with Gasteiger partial charge in [-0.25, -0.2) is 0 Å². The van der Waals surface area contributed by atoms with Crippen molar-refractivity contribution in [1.29, 1.82) is 0 Å². The van der Waals surface area contributed by atoms with E-state index < -0.39 is 16.1 Å². The van der Waals surface area contributed by atoms with Gasteiger partial charge >= 0.3 is 0 Å². The summed E-state index contributed by atoms with van der Waals surface area (Å²) in [6.45, 7) is 14.6. The molecule has 0 atom stereocenters. The zero-order valence-electron chi connectivity index (χ0n) is 18.6. The minimum absolute atomic E-state index is 1.32. The molecule has 0 saturated heterocycles. The van der Waals surface area contributed by atoms with Gasteiger partial charge in [-0.05, 0) is 22.5 Å². The third-order valence-corrected chi connectivity index (χ3v) is 11.3. The van der Waals surface area contributed by atoms with Crippen molar-refractivity contribution in [3.05, 3.63) is 60.7 Å². The molecule has 0 aliphatic carbocycles. The highest BCUT2D eigenvalue weighted by molar-refractivity contribution is 7.28. The number of hydrogen-bond acceptors (Lipinski definition) is 2. The maximum absolute atomic E-state index is 2.45. The van der Waals surface area contributed by atoms with Gasteiger partial charge in [0.25, 0.3) is 0 Å². The van der Waals surface area contributed by atoms with Gasteiger partial charge in [0.2, 0.25) is 0 Å². The van der Waals surface area contributed by atoms with E-state index in [0.717, 1.165) is 0 Å². The molecule has 0 fully saturated rings. The van der Waals surface area contributed by atoms with E-state index >= 15 is 0 Å². The molecule has 3 aromatic carbocycles. The zero-order valence-corrected chi connectivity index (χ0v) is 21.4. The number of thiophene rings is 1. The molecule has 29 heavy (non-hydrogen) atoms. The Morgan fingerprint density at radius 2 is 1.10 bits per heavy atom. The van der Waals surface area contributed by atoms with Gasteiger partial charge in [0, 0.05) is 28.2 Å². The summed E-state index contributed by atoms with van der Waals surface area (Å²) in [5.41, 5.74) is 2.66. The van der Waals surface area contributed by atoms with E-state index in [0.29, 0.717) is 0 Å². The number of fused-ring (bicyclic) bond motifs is 3. The van der Waals surface area contributed by atoms with Gasteiger partial charge in [-0.15, -0.1) is 11.3 Å². The molecule has 150 valence electrons. The Hall–Kier alpha value is -1.89. The fraction of sp³-hybridized carbons (Fsp3) is 0.280. The summed E-state index contributed by atoms with van der Waals surface area (Å²) in [4.78, 5) is 2.42. The second kappa shape index (κ2) is 7.11. The first-order chi connectivity index (χ1) is 13.6. The van der Waals surface area contributed by atoms with Gasteiger partial charge in [0.1, 0.15) is 0 Å². The van der Waals surface area contributed by atoms with Crippen LogP contribution in [-0.4, -0.2) is 23.2 Å². The smallest absolute Gasteiger partial charge is 0.0803 e. The molecule has 0 aliphatic rings. The Labute approximate surface area is 181 Å².